The zero-order valence-electron chi connectivity index (χ0n) is 14.9. The van der Waals surface area contributed by atoms with E-state index in [-0.39, 0.29) is 27.7 Å². The number of hydrogen-bond acceptors (Lipinski definition) is 6. The Morgan fingerprint density at radius 2 is 1.90 bits per heavy atom. The summed E-state index contributed by atoms with van der Waals surface area (Å²) in [6.45, 7) is 0. The number of hydrogen-bond donors (Lipinski definition) is 0. The van der Waals surface area contributed by atoms with Crippen LogP contribution in [0.2, 0.25) is 0 Å². The highest BCUT2D eigenvalue weighted by Gasteiger charge is 2.38. The molecule has 0 spiro atoms. The Morgan fingerprint density at radius 3 is 2.57 bits per heavy atom. The highest BCUT2D eigenvalue weighted by Crippen LogP contribution is 2.30. The summed E-state index contributed by atoms with van der Waals surface area (Å²) in [6.07, 6.45) is -0.750. The quantitative estimate of drug-likeness (QED) is 0.436. The van der Waals surface area contributed by atoms with Crippen LogP contribution in [0.15, 0.2) is 56.5 Å². The standard InChI is InChI=1S/C17H10F5N5O2S/c1-30(28,12-3-2-10(18)7-11(12)19)26-13-8-27-5-4-9(6-14(27)23-13)15-24-16(29-25-15)17(20,21)22/h2-8H,1H3. The molecule has 4 rings (SSSR count). The molecule has 0 aliphatic rings. The van der Waals surface area contributed by atoms with Gasteiger partial charge in [-0.2, -0.15) is 22.5 Å². The minimum absolute atomic E-state index is 0.0209. The highest BCUT2D eigenvalue weighted by atomic mass is 32.2. The molecule has 30 heavy (non-hydrogen) atoms. The summed E-state index contributed by atoms with van der Waals surface area (Å²) in [4.78, 5) is 7.14. The van der Waals surface area contributed by atoms with Crippen LogP contribution in [0, 0.1) is 11.6 Å². The lowest BCUT2D eigenvalue weighted by Gasteiger charge is -2.04. The molecule has 0 saturated carbocycles. The van der Waals surface area contributed by atoms with Crippen molar-refractivity contribution in [1.82, 2.24) is 19.5 Å². The van der Waals surface area contributed by atoms with E-state index in [1.165, 1.54) is 35.2 Å². The van der Waals surface area contributed by atoms with E-state index in [1.54, 1.807) is 0 Å². The van der Waals surface area contributed by atoms with Crippen molar-refractivity contribution < 1.29 is 30.7 Å². The molecule has 0 amide bonds. The Balaban J connectivity index is 1.73. The van der Waals surface area contributed by atoms with Crippen molar-refractivity contribution in [2.75, 3.05) is 6.26 Å². The molecular weight excluding hydrogens is 433 g/mol. The lowest BCUT2D eigenvalue weighted by molar-refractivity contribution is -0.159. The summed E-state index contributed by atoms with van der Waals surface area (Å²) in [6, 6.07) is 5.41. The fraction of sp³-hybridized carbons (Fsp3) is 0.118. The summed E-state index contributed by atoms with van der Waals surface area (Å²) >= 11 is 0. The van der Waals surface area contributed by atoms with Crippen LogP contribution in [0.3, 0.4) is 0 Å². The van der Waals surface area contributed by atoms with E-state index >= 15 is 0 Å². The Hall–Kier alpha value is -3.35. The first-order valence-electron chi connectivity index (χ1n) is 8.10. The van der Waals surface area contributed by atoms with Crippen molar-refractivity contribution in [2.45, 2.75) is 11.1 Å². The Bertz CT molecular complexity index is 1380. The largest absolute Gasteiger partial charge is 0.471 e. The van der Waals surface area contributed by atoms with Gasteiger partial charge in [0.05, 0.1) is 20.8 Å². The number of halogens is 5. The monoisotopic (exact) mass is 443 g/mol. The SMILES string of the molecule is CS(=O)(=Nc1cn2ccc(-c3noc(C(F)(F)F)n3)cc2n1)c1ccc(F)cc1F. The first kappa shape index (κ1) is 19.9. The minimum Gasteiger partial charge on any atom is -0.329 e. The van der Waals surface area contributed by atoms with Crippen LogP contribution in [0.25, 0.3) is 17.0 Å². The lowest BCUT2D eigenvalue weighted by atomic mass is 10.2. The zero-order valence-corrected chi connectivity index (χ0v) is 15.7. The summed E-state index contributed by atoms with van der Waals surface area (Å²) in [7, 11) is -3.29. The molecular formula is C17H10F5N5O2S. The second-order valence-electron chi connectivity index (χ2n) is 6.17. The summed E-state index contributed by atoms with van der Waals surface area (Å²) < 4.78 is 87.4. The van der Waals surface area contributed by atoms with Gasteiger partial charge in [0.1, 0.15) is 17.3 Å². The first-order valence-corrected chi connectivity index (χ1v) is 10.0. The molecule has 3 heterocycles. The van der Waals surface area contributed by atoms with Gasteiger partial charge in [-0.25, -0.2) is 18.0 Å². The average molecular weight is 443 g/mol. The maximum absolute atomic E-state index is 14.0. The third-order valence-electron chi connectivity index (χ3n) is 3.94. The van der Waals surface area contributed by atoms with Gasteiger partial charge >= 0.3 is 12.1 Å². The maximum Gasteiger partial charge on any atom is 0.471 e. The first-order chi connectivity index (χ1) is 14.0. The minimum atomic E-state index is -4.77. The number of alkyl halides is 3. The van der Waals surface area contributed by atoms with Crippen LogP contribution >= 0.6 is 0 Å². The molecule has 0 saturated heterocycles. The van der Waals surface area contributed by atoms with Crippen LogP contribution in [0.1, 0.15) is 5.89 Å². The second-order valence-corrected chi connectivity index (χ2v) is 8.40. The number of aromatic nitrogens is 4. The van der Waals surface area contributed by atoms with Crippen molar-refractivity contribution >= 4 is 21.2 Å². The van der Waals surface area contributed by atoms with Crippen molar-refractivity contribution in [3.8, 4) is 11.4 Å². The highest BCUT2D eigenvalue weighted by molar-refractivity contribution is 7.93. The summed E-state index contributed by atoms with van der Waals surface area (Å²) in [5.41, 5.74) is 0.431. The van der Waals surface area contributed by atoms with Crippen molar-refractivity contribution in [3.05, 3.63) is 60.3 Å². The lowest BCUT2D eigenvalue weighted by Crippen LogP contribution is -2.04. The Morgan fingerprint density at radius 1 is 1.13 bits per heavy atom. The molecule has 0 aliphatic heterocycles. The van der Waals surface area contributed by atoms with E-state index < -0.39 is 33.4 Å². The number of fused-ring (bicyclic) bond motifs is 1. The van der Waals surface area contributed by atoms with E-state index in [9.17, 15) is 26.2 Å². The van der Waals surface area contributed by atoms with Crippen molar-refractivity contribution in [2.24, 2.45) is 4.36 Å². The van der Waals surface area contributed by atoms with Crippen molar-refractivity contribution in [3.63, 3.8) is 0 Å². The number of benzene rings is 1. The molecule has 1 aromatic carbocycles. The number of pyridine rings is 1. The van der Waals surface area contributed by atoms with Crippen LogP contribution in [0.4, 0.5) is 27.8 Å². The molecule has 7 nitrogen and oxygen atoms in total. The molecule has 0 aliphatic carbocycles. The maximum atomic E-state index is 14.0. The molecule has 156 valence electrons. The normalized spacial score (nSPS) is 14.1. The van der Waals surface area contributed by atoms with Crippen LogP contribution in [-0.4, -0.2) is 30.0 Å². The van der Waals surface area contributed by atoms with Gasteiger partial charge in [0, 0.05) is 24.1 Å². The molecule has 0 N–H and O–H groups in total. The summed E-state index contributed by atoms with van der Waals surface area (Å²) in [5.74, 6) is -3.62. The van der Waals surface area contributed by atoms with E-state index in [1.807, 2.05) is 0 Å². The zero-order chi connectivity index (χ0) is 21.7. The fourth-order valence-electron chi connectivity index (χ4n) is 2.62. The smallest absolute Gasteiger partial charge is 0.329 e. The number of imidazole rings is 1. The van der Waals surface area contributed by atoms with Gasteiger partial charge in [-0.15, -0.1) is 0 Å². The fourth-order valence-corrected chi connectivity index (χ4v) is 3.90. The van der Waals surface area contributed by atoms with Gasteiger partial charge in [0.2, 0.25) is 5.82 Å². The van der Waals surface area contributed by atoms with E-state index in [4.69, 9.17) is 0 Å². The second kappa shape index (κ2) is 6.86. The average Bonchev–Trinajstić information content (AvgIpc) is 3.26. The predicted molar refractivity (Wildman–Crippen MR) is 94.3 cm³/mol. The Kier molecular flexibility index (Phi) is 4.56. The number of nitrogens with zero attached hydrogens (tertiary/aromatic N) is 5. The molecule has 1 atom stereocenters. The molecule has 0 radical (unpaired) electrons. The van der Waals surface area contributed by atoms with Crippen LogP contribution in [0.5, 0.6) is 0 Å². The predicted octanol–water partition coefficient (Wildman–Crippen LogP) is 4.47. The van der Waals surface area contributed by atoms with Gasteiger partial charge in [-0.1, -0.05) is 5.16 Å². The van der Waals surface area contributed by atoms with Gasteiger partial charge < -0.3 is 8.92 Å². The molecule has 1 unspecified atom stereocenters. The van der Waals surface area contributed by atoms with E-state index in [0.717, 1.165) is 12.1 Å². The van der Waals surface area contributed by atoms with Gasteiger partial charge in [0.25, 0.3) is 0 Å². The van der Waals surface area contributed by atoms with Crippen LogP contribution < -0.4 is 0 Å². The molecule has 0 bridgehead atoms. The molecule has 3 aromatic heterocycles. The molecule has 0 fully saturated rings. The number of rotatable bonds is 3. The van der Waals surface area contributed by atoms with Crippen LogP contribution in [-0.2, 0) is 15.9 Å². The van der Waals surface area contributed by atoms with E-state index in [2.05, 4.69) is 24.0 Å². The van der Waals surface area contributed by atoms with Crippen molar-refractivity contribution in [1.29, 1.82) is 0 Å². The third kappa shape index (κ3) is 3.75. The third-order valence-corrected chi connectivity index (χ3v) is 5.63. The van der Waals surface area contributed by atoms with Gasteiger partial charge in [0.15, 0.2) is 5.82 Å². The summed E-state index contributed by atoms with van der Waals surface area (Å²) in [5, 5.41) is 3.30. The topological polar surface area (TPSA) is 85.7 Å². The van der Waals surface area contributed by atoms with E-state index in [0.29, 0.717) is 6.07 Å². The van der Waals surface area contributed by atoms with Gasteiger partial charge in [-0.3, -0.25) is 0 Å². The molecule has 4 aromatic rings. The Labute approximate surface area is 165 Å². The molecule has 13 heteroatoms. The van der Waals surface area contributed by atoms with Gasteiger partial charge in [-0.05, 0) is 24.3 Å².